The van der Waals surface area contributed by atoms with E-state index >= 15 is 0 Å². The maximum atomic E-state index is 13.3. The van der Waals surface area contributed by atoms with Gasteiger partial charge in [0.1, 0.15) is 5.82 Å². The maximum absolute atomic E-state index is 13.3. The number of alkyl halides is 3. The Labute approximate surface area is 122 Å². The number of carbonyl (C=O) groups is 1. The summed E-state index contributed by atoms with van der Waals surface area (Å²) >= 11 is 0. The molecule has 0 aliphatic heterocycles. The first-order chi connectivity index (χ1) is 10.2. The third-order valence-electron chi connectivity index (χ3n) is 3.06. The van der Waals surface area contributed by atoms with Crippen LogP contribution < -0.4 is 0 Å². The molecule has 0 aliphatic carbocycles. The topological polar surface area (TPSA) is 57.5 Å². The Bertz CT molecular complexity index is 710. The molecule has 0 heterocycles. The third-order valence-corrected chi connectivity index (χ3v) is 3.06. The molecule has 2 rings (SSSR count). The standard InChI is InChI=1S/C15H10F4O3/c16-8-5-6-9(11(7-8)13(20)14(21)22)10-3-1-2-4-12(10)15(17,18)19/h1-7,13,20H,(H,21,22). The van der Waals surface area contributed by atoms with Gasteiger partial charge < -0.3 is 10.2 Å². The van der Waals surface area contributed by atoms with Crippen molar-refractivity contribution in [1.82, 2.24) is 0 Å². The summed E-state index contributed by atoms with van der Waals surface area (Å²) < 4.78 is 52.5. The van der Waals surface area contributed by atoms with Crippen LogP contribution in [0.2, 0.25) is 0 Å². The van der Waals surface area contributed by atoms with E-state index in [1.165, 1.54) is 12.1 Å². The molecule has 0 aromatic heterocycles. The van der Waals surface area contributed by atoms with Crippen LogP contribution in [0.25, 0.3) is 11.1 Å². The molecule has 0 saturated heterocycles. The van der Waals surface area contributed by atoms with Gasteiger partial charge in [0.2, 0.25) is 0 Å². The van der Waals surface area contributed by atoms with Gasteiger partial charge >= 0.3 is 12.1 Å². The lowest BCUT2D eigenvalue weighted by Crippen LogP contribution is -2.13. The average Bonchev–Trinajstić information content (AvgIpc) is 2.45. The lowest BCUT2D eigenvalue weighted by molar-refractivity contribution is -0.146. The number of aliphatic hydroxyl groups excluding tert-OH is 1. The Morgan fingerprint density at radius 2 is 1.68 bits per heavy atom. The van der Waals surface area contributed by atoms with Gasteiger partial charge in [-0.2, -0.15) is 13.2 Å². The van der Waals surface area contributed by atoms with E-state index in [2.05, 4.69) is 0 Å². The van der Waals surface area contributed by atoms with E-state index < -0.39 is 35.2 Å². The summed E-state index contributed by atoms with van der Waals surface area (Å²) in [7, 11) is 0. The van der Waals surface area contributed by atoms with E-state index in [0.717, 1.165) is 24.3 Å². The van der Waals surface area contributed by atoms with Crippen molar-refractivity contribution in [2.75, 3.05) is 0 Å². The van der Waals surface area contributed by atoms with Crippen molar-refractivity contribution in [3.8, 4) is 11.1 Å². The number of rotatable bonds is 3. The van der Waals surface area contributed by atoms with Crippen LogP contribution >= 0.6 is 0 Å². The first-order valence-electron chi connectivity index (χ1n) is 6.08. The molecule has 116 valence electrons. The van der Waals surface area contributed by atoms with Crippen molar-refractivity contribution < 1.29 is 32.6 Å². The minimum atomic E-state index is -4.67. The summed E-state index contributed by atoms with van der Waals surface area (Å²) in [5, 5.41) is 18.4. The highest BCUT2D eigenvalue weighted by Gasteiger charge is 2.34. The van der Waals surface area contributed by atoms with E-state index in [-0.39, 0.29) is 11.1 Å². The van der Waals surface area contributed by atoms with Crippen LogP contribution in [0.1, 0.15) is 17.2 Å². The Morgan fingerprint density at radius 3 is 2.27 bits per heavy atom. The maximum Gasteiger partial charge on any atom is 0.417 e. The largest absolute Gasteiger partial charge is 0.479 e. The number of aliphatic hydroxyl groups is 1. The molecule has 2 N–H and O–H groups in total. The number of benzene rings is 2. The van der Waals surface area contributed by atoms with E-state index in [9.17, 15) is 27.5 Å². The number of carboxylic acids is 1. The van der Waals surface area contributed by atoms with Crippen LogP contribution in [0.5, 0.6) is 0 Å². The van der Waals surface area contributed by atoms with Gasteiger partial charge in [0, 0.05) is 5.56 Å². The molecule has 0 radical (unpaired) electrons. The number of hydrogen-bond acceptors (Lipinski definition) is 2. The zero-order valence-corrected chi connectivity index (χ0v) is 10.9. The molecule has 0 spiro atoms. The summed E-state index contributed by atoms with van der Waals surface area (Å²) in [4.78, 5) is 10.9. The van der Waals surface area contributed by atoms with Gasteiger partial charge in [-0.1, -0.05) is 24.3 Å². The third kappa shape index (κ3) is 3.09. The Balaban J connectivity index is 2.71. The van der Waals surface area contributed by atoms with Crippen LogP contribution in [0.4, 0.5) is 17.6 Å². The molecule has 0 saturated carbocycles. The highest BCUT2D eigenvalue weighted by Crippen LogP contribution is 2.39. The highest BCUT2D eigenvalue weighted by molar-refractivity contribution is 5.80. The van der Waals surface area contributed by atoms with E-state index in [0.29, 0.717) is 6.07 Å². The van der Waals surface area contributed by atoms with Crippen molar-refractivity contribution in [2.24, 2.45) is 0 Å². The average molecular weight is 314 g/mol. The number of hydrogen-bond donors (Lipinski definition) is 2. The van der Waals surface area contributed by atoms with Crippen LogP contribution in [0, 0.1) is 5.82 Å². The smallest absolute Gasteiger partial charge is 0.417 e. The first kappa shape index (κ1) is 16.0. The first-order valence-corrected chi connectivity index (χ1v) is 6.08. The zero-order valence-electron chi connectivity index (χ0n) is 10.9. The lowest BCUT2D eigenvalue weighted by atomic mass is 9.92. The van der Waals surface area contributed by atoms with Crippen molar-refractivity contribution in [1.29, 1.82) is 0 Å². The number of aliphatic carboxylic acids is 1. The van der Waals surface area contributed by atoms with Gasteiger partial charge in [-0.15, -0.1) is 0 Å². The van der Waals surface area contributed by atoms with Gasteiger partial charge in [-0.25, -0.2) is 9.18 Å². The summed E-state index contributed by atoms with van der Waals surface area (Å²) in [5.41, 5.74) is -1.96. The summed E-state index contributed by atoms with van der Waals surface area (Å²) in [6, 6.07) is 7.11. The lowest BCUT2D eigenvalue weighted by Gasteiger charge is -2.17. The van der Waals surface area contributed by atoms with E-state index in [1.54, 1.807) is 0 Å². The van der Waals surface area contributed by atoms with Crippen LogP contribution in [-0.4, -0.2) is 16.2 Å². The molecule has 0 amide bonds. The molecule has 1 atom stereocenters. The van der Waals surface area contributed by atoms with Gasteiger partial charge in [-0.3, -0.25) is 0 Å². The molecule has 0 aliphatic rings. The quantitative estimate of drug-likeness (QED) is 0.851. The highest BCUT2D eigenvalue weighted by atomic mass is 19.4. The fourth-order valence-electron chi connectivity index (χ4n) is 2.10. The number of halogens is 4. The predicted octanol–water partition coefficient (Wildman–Crippen LogP) is 3.63. The Kier molecular flexibility index (Phi) is 4.18. The molecular formula is C15H10F4O3. The fourth-order valence-corrected chi connectivity index (χ4v) is 2.10. The molecule has 1 unspecified atom stereocenters. The van der Waals surface area contributed by atoms with E-state index in [4.69, 9.17) is 5.11 Å². The minimum absolute atomic E-state index is 0.191. The molecule has 22 heavy (non-hydrogen) atoms. The van der Waals surface area contributed by atoms with Crippen molar-refractivity contribution in [3.05, 3.63) is 59.4 Å². The van der Waals surface area contributed by atoms with E-state index in [1.807, 2.05) is 0 Å². The van der Waals surface area contributed by atoms with Gasteiger partial charge in [0.05, 0.1) is 5.56 Å². The molecule has 2 aromatic carbocycles. The predicted molar refractivity (Wildman–Crippen MR) is 69.4 cm³/mol. The van der Waals surface area contributed by atoms with Gasteiger partial charge in [0.25, 0.3) is 0 Å². The Hall–Kier alpha value is -2.41. The number of carboxylic acid groups (broad SMARTS) is 1. The molecular weight excluding hydrogens is 304 g/mol. The second kappa shape index (κ2) is 5.76. The normalized spacial score (nSPS) is 13.0. The molecule has 0 fully saturated rings. The van der Waals surface area contributed by atoms with Crippen molar-refractivity contribution in [2.45, 2.75) is 12.3 Å². The molecule has 3 nitrogen and oxygen atoms in total. The zero-order chi connectivity index (χ0) is 16.5. The monoisotopic (exact) mass is 314 g/mol. The van der Waals surface area contributed by atoms with Crippen molar-refractivity contribution >= 4 is 5.97 Å². The van der Waals surface area contributed by atoms with Gasteiger partial charge in [-0.05, 0) is 29.3 Å². The molecule has 2 aromatic rings. The summed E-state index contributed by atoms with van der Waals surface area (Å²) in [6.07, 6.45) is -6.80. The fraction of sp³-hybridized carbons (Fsp3) is 0.133. The van der Waals surface area contributed by atoms with Gasteiger partial charge in [0.15, 0.2) is 6.10 Å². The summed E-state index contributed by atoms with van der Waals surface area (Å²) in [5.74, 6) is -2.54. The molecule has 0 bridgehead atoms. The Morgan fingerprint density at radius 1 is 1.05 bits per heavy atom. The SMILES string of the molecule is O=C(O)C(O)c1cc(F)ccc1-c1ccccc1C(F)(F)F. The van der Waals surface area contributed by atoms with Crippen LogP contribution in [-0.2, 0) is 11.0 Å². The molecule has 7 heteroatoms. The second-order valence-electron chi connectivity index (χ2n) is 4.52. The minimum Gasteiger partial charge on any atom is -0.479 e. The van der Waals surface area contributed by atoms with Crippen LogP contribution in [0.15, 0.2) is 42.5 Å². The van der Waals surface area contributed by atoms with Crippen LogP contribution in [0.3, 0.4) is 0 Å². The second-order valence-corrected chi connectivity index (χ2v) is 4.52. The van der Waals surface area contributed by atoms with Crippen molar-refractivity contribution in [3.63, 3.8) is 0 Å². The summed E-state index contributed by atoms with van der Waals surface area (Å²) in [6.45, 7) is 0.